The van der Waals surface area contributed by atoms with Gasteiger partial charge in [0.2, 0.25) is 0 Å². The molecule has 0 aliphatic heterocycles. The Labute approximate surface area is 184 Å². The van der Waals surface area contributed by atoms with Crippen molar-refractivity contribution >= 4 is 34.2 Å². The lowest BCUT2D eigenvalue weighted by Gasteiger charge is -2.09. The average molecular weight is 449 g/mol. The number of aromatic nitrogens is 5. The minimum Gasteiger partial charge on any atom is -0.267 e. The van der Waals surface area contributed by atoms with Gasteiger partial charge in [0.1, 0.15) is 11.3 Å². The Morgan fingerprint density at radius 1 is 1.03 bits per heavy atom. The molecule has 0 fully saturated rings. The fourth-order valence-electron chi connectivity index (χ4n) is 3.47. The number of rotatable bonds is 3. The van der Waals surface area contributed by atoms with E-state index in [0.29, 0.717) is 33.0 Å². The second kappa shape index (κ2) is 7.54. The molecule has 1 amide bonds. The summed E-state index contributed by atoms with van der Waals surface area (Å²) in [5.41, 5.74) is 5.27. The van der Waals surface area contributed by atoms with Crippen molar-refractivity contribution in [2.45, 2.75) is 6.92 Å². The SMILES string of the molecule is Cc1nn2c(nnc3c(=O)n(NC(=O)c4ccc(Cl)cc4)ccc32)c1-c1ccc(F)cc1. The minimum absolute atomic E-state index is 0.0320. The number of carbonyl (C=O) groups excluding carboxylic acids is 1. The van der Waals surface area contributed by atoms with Gasteiger partial charge in [-0.1, -0.05) is 23.7 Å². The van der Waals surface area contributed by atoms with Crippen LogP contribution in [0.1, 0.15) is 16.1 Å². The summed E-state index contributed by atoms with van der Waals surface area (Å²) < 4.78 is 15.9. The van der Waals surface area contributed by atoms with Crippen LogP contribution in [-0.2, 0) is 0 Å². The normalized spacial score (nSPS) is 11.2. The van der Waals surface area contributed by atoms with Crippen LogP contribution in [0.4, 0.5) is 4.39 Å². The number of pyridine rings is 1. The van der Waals surface area contributed by atoms with Gasteiger partial charge in [0.25, 0.3) is 11.5 Å². The maximum Gasteiger partial charge on any atom is 0.299 e. The van der Waals surface area contributed by atoms with E-state index in [1.165, 1.54) is 22.8 Å². The lowest BCUT2D eigenvalue weighted by atomic mass is 10.1. The highest BCUT2D eigenvalue weighted by Crippen LogP contribution is 2.28. The highest BCUT2D eigenvalue weighted by Gasteiger charge is 2.18. The van der Waals surface area contributed by atoms with Crippen molar-refractivity contribution in [3.63, 3.8) is 0 Å². The van der Waals surface area contributed by atoms with Crippen LogP contribution in [0.2, 0.25) is 5.02 Å². The van der Waals surface area contributed by atoms with Gasteiger partial charge in [-0.3, -0.25) is 15.0 Å². The maximum absolute atomic E-state index is 13.3. The molecule has 32 heavy (non-hydrogen) atoms. The summed E-state index contributed by atoms with van der Waals surface area (Å²) in [6, 6.07) is 13.9. The van der Waals surface area contributed by atoms with Crippen LogP contribution in [-0.4, -0.2) is 30.4 Å². The lowest BCUT2D eigenvalue weighted by Crippen LogP contribution is -2.33. The number of nitrogens with one attached hydrogen (secondary N) is 1. The lowest BCUT2D eigenvalue weighted by molar-refractivity contribution is 0.101. The highest BCUT2D eigenvalue weighted by atomic mass is 35.5. The fourth-order valence-corrected chi connectivity index (χ4v) is 3.60. The van der Waals surface area contributed by atoms with Gasteiger partial charge < -0.3 is 0 Å². The van der Waals surface area contributed by atoms with E-state index >= 15 is 0 Å². The van der Waals surface area contributed by atoms with Crippen LogP contribution < -0.4 is 11.0 Å². The Bertz CT molecular complexity index is 1560. The number of benzene rings is 2. The van der Waals surface area contributed by atoms with E-state index in [1.807, 2.05) is 0 Å². The molecular formula is C22H14ClFN6O2. The molecule has 3 heterocycles. The molecule has 5 aromatic rings. The second-order valence-electron chi connectivity index (χ2n) is 7.08. The molecule has 0 aliphatic carbocycles. The Morgan fingerprint density at radius 3 is 2.47 bits per heavy atom. The molecule has 0 saturated heterocycles. The predicted octanol–water partition coefficient (Wildman–Crippen LogP) is 3.59. The van der Waals surface area contributed by atoms with Crippen molar-refractivity contribution in [3.05, 3.63) is 93.2 Å². The number of hydrogen-bond donors (Lipinski definition) is 1. The van der Waals surface area contributed by atoms with Crippen molar-refractivity contribution in [2.75, 3.05) is 5.43 Å². The molecule has 0 spiro atoms. The molecule has 3 aromatic heterocycles. The van der Waals surface area contributed by atoms with Gasteiger partial charge in [-0.05, 0) is 55.0 Å². The van der Waals surface area contributed by atoms with Crippen LogP contribution in [0.15, 0.2) is 65.6 Å². The summed E-state index contributed by atoms with van der Waals surface area (Å²) in [5, 5.41) is 13.3. The van der Waals surface area contributed by atoms with Crippen molar-refractivity contribution in [2.24, 2.45) is 0 Å². The molecule has 0 saturated carbocycles. The Kier molecular flexibility index (Phi) is 4.67. The van der Waals surface area contributed by atoms with Crippen molar-refractivity contribution in [3.8, 4) is 11.1 Å². The minimum atomic E-state index is -0.560. The third-order valence-corrected chi connectivity index (χ3v) is 5.27. The van der Waals surface area contributed by atoms with Gasteiger partial charge in [0.05, 0.1) is 11.3 Å². The molecule has 5 rings (SSSR count). The molecule has 2 aromatic carbocycles. The van der Waals surface area contributed by atoms with Crippen LogP contribution in [0.25, 0.3) is 27.8 Å². The van der Waals surface area contributed by atoms with Crippen molar-refractivity contribution < 1.29 is 9.18 Å². The topological polar surface area (TPSA) is 94.2 Å². The van der Waals surface area contributed by atoms with E-state index in [-0.39, 0.29) is 11.3 Å². The Hall–Kier alpha value is -4.11. The largest absolute Gasteiger partial charge is 0.299 e. The smallest absolute Gasteiger partial charge is 0.267 e. The van der Waals surface area contributed by atoms with Gasteiger partial charge in [0.15, 0.2) is 11.2 Å². The zero-order chi connectivity index (χ0) is 22.4. The molecular weight excluding hydrogens is 435 g/mol. The van der Waals surface area contributed by atoms with Gasteiger partial charge in [-0.25, -0.2) is 13.6 Å². The first-order valence-electron chi connectivity index (χ1n) is 9.52. The van der Waals surface area contributed by atoms with E-state index in [4.69, 9.17) is 11.6 Å². The van der Waals surface area contributed by atoms with E-state index in [0.717, 1.165) is 10.2 Å². The summed E-state index contributed by atoms with van der Waals surface area (Å²) in [7, 11) is 0. The summed E-state index contributed by atoms with van der Waals surface area (Å²) in [6.45, 7) is 1.80. The molecule has 10 heteroatoms. The fraction of sp³-hybridized carbons (Fsp3) is 0.0455. The number of carbonyl (C=O) groups is 1. The molecule has 0 radical (unpaired) electrons. The highest BCUT2D eigenvalue weighted by molar-refractivity contribution is 6.30. The molecule has 0 unspecified atom stereocenters. The van der Waals surface area contributed by atoms with E-state index < -0.39 is 11.5 Å². The summed E-state index contributed by atoms with van der Waals surface area (Å²) in [6.07, 6.45) is 1.42. The first-order chi connectivity index (χ1) is 15.4. The van der Waals surface area contributed by atoms with Gasteiger partial charge in [0, 0.05) is 16.8 Å². The number of amides is 1. The predicted molar refractivity (Wildman–Crippen MR) is 118 cm³/mol. The summed E-state index contributed by atoms with van der Waals surface area (Å²) in [5.74, 6) is -0.828. The summed E-state index contributed by atoms with van der Waals surface area (Å²) in [4.78, 5) is 25.4. The molecule has 0 atom stereocenters. The number of fused-ring (bicyclic) bond motifs is 3. The van der Waals surface area contributed by atoms with E-state index in [1.54, 1.807) is 49.4 Å². The third kappa shape index (κ3) is 3.28. The molecule has 0 aliphatic rings. The average Bonchev–Trinajstić information content (AvgIpc) is 3.13. The van der Waals surface area contributed by atoms with E-state index in [9.17, 15) is 14.0 Å². The zero-order valence-electron chi connectivity index (χ0n) is 16.6. The molecule has 0 bridgehead atoms. The standard InChI is InChI=1S/C22H14ClFN6O2/c1-12-18(13-4-8-16(24)9-5-13)20-26-25-19-17(30(20)27-12)10-11-29(22(19)32)28-21(31)14-2-6-15(23)7-3-14/h2-11H,1H3,(H,28,31). The van der Waals surface area contributed by atoms with Crippen LogP contribution in [0.3, 0.4) is 0 Å². The first-order valence-corrected chi connectivity index (χ1v) is 9.90. The van der Waals surface area contributed by atoms with Crippen LogP contribution in [0, 0.1) is 12.7 Å². The molecule has 8 nitrogen and oxygen atoms in total. The first kappa shape index (κ1) is 19.8. The molecule has 1 N–H and O–H groups in total. The third-order valence-electron chi connectivity index (χ3n) is 5.02. The van der Waals surface area contributed by atoms with Crippen LogP contribution in [0.5, 0.6) is 0 Å². The van der Waals surface area contributed by atoms with Crippen LogP contribution >= 0.6 is 11.6 Å². The number of aryl methyl sites for hydroxylation is 1. The number of halogens is 2. The van der Waals surface area contributed by atoms with Crippen molar-refractivity contribution in [1.29, 1.82) is 0 Å². The van der Waals surface area contributed by atoms with Gasteiger partial charge in [-0.2, -0.15) is 5.10 Å². The Balaban J connectivity index is 1.59. The van der Waals surface area contributed by atoms with Gasteiger partial charge in [-0.15, -0.1) is 10.2 Å². The van der Waals surface area contributed by atoms with E-state index in [2.05, 4.69) is 20.7 Å². The second-order valence-corrected chi connectivity index (χ2v) is 7.51. The Morgan fingerprint density at radius 2 is 1.75 bits per heavy atom. The number of hydrogen-bond acceptors (Lipinski definition) is 5. The van der Waals surface area contributed by atoms with Gasteiger partial charge >= 0.3 is 0 Å². The quantitative estimate of drug-likeness (QED) is 0.455. The maximum atomic E-state index is 13.3. The zero-order valence-corrected chi connectivity index (χ0v) is 17.3. The monoisotopic (exact) mass is 448 g/mol. The van der Waals surface area contributed by atoms with Crippen molar-refractivity contribution in [1.82, 2.24) is 24.5 Å². The molecule has 158 valence electrons. The summed E-state index contributed by atoms with van der Waals surface area (Å²) >= 11 is 5.85. The number of nitrogens with zero attached hydrogens (tertiary/aromatic N) is 5.